The molecule has 7 nitrogen and oxygen atoms in total. The van der Waals surface area contributed by atoms with Crippen LogP contribution in [0.3, 0.4) is 0 Å². The molecule has 0 spiro atoms. The molecule has 0 radical (unpaired) electrons. The van der Waals surface area contributed by atoms with E-state index in [0.29, 0.717) is 0 Å². The van der Waals surface area contributed by atoms with Crippen molar-refractivity contribution in [2.24, 2.45) is 0 Å². The molecule has 10 heteroatoms. The summed E-state index contributed by atoms with van der Waals surface area (Å²) in [5.41, 5.74) is -0.208. The molecule has 0 aromatic heterocycles. The van der Waals surface area contributed by atoms with Crippen LogP contribution in [-0.4, -0.2) is 22.1 Å². The van der Waals surface area contributed by atoms with Gasteiger partial charge in [-0.1, -0.05) is 35.3 Å². The highest BCUT2D eigenvalue weighted by Gasteiger charge is 2.17. The molecule has 0 aliphatic carbocycles. The number of amides is 2. The van der Waals surface area contributed by atoms with Gasteiger partial charge >= 0.3 is 11.8 Å². The minimum atomic E-state index is -2.84. The first-order chi connectivity index (χ1) is 17.2. The Morgan fingerprint density at radius 1 is 1.10 bits per heavy atom. The van der Waals surface area contributed by atoms with Gasteiger partial charge in [0.15, 0.2) is 5.75 Å². The molecule has 2 amide bonds. The smallest absolute Gasteiger partial charge is 0.332 e. The summed E-state index contributed by atoms with van der Waals surface area (Å²) in [5.74, 6) is -4.94. The minimum absolute atomic E-state index is 0.0293. The molecule has 160 valence electrons. The number of hydroxylamine groups is 1. The van der Waals surface area contributed by atoms with E-state index in [4.69, 9.17) is 41.4 Å². The molecule has 0 aliphatic heterocycles. The number of halogens is 3. The summed E-state index contributed by atoms with van der Waals surface area (Å²) in [6.07, 6.45) is -2.84. The molecule has 3 rings (SSSR count). The maximum atomic E-state index is 14.0. The van der Waals surface area contributed by atoms with Crippen molar-refractivity contribution >= 4 is 40.7 Å². The van der Waals surface area contributed by atoms with Crippen LogP contribution in [0.15, 0.2) is 54.5 Å². The number of ether oxygens (including phenoxy) is 1. The van der Waals surface area contributed by atoms with Crippen LogP contribution in [0.2, 0.25) is 10.0 Å². The van der Waals surface area contributed by atoms with Gasteiger partial charge in [0.1, 0.15) is 17.3 Å². The van der Waals surface area contributed by atoms with Crippen molar-refractivity contribution in [3.8, 4) is 17.2 Å². The first-order valence-corrected chi connectivity index (χ1v) is 8.98. The molecular weight excluding hydrogens is 450 g/mol. The lowest BCUT2D eigenvalue weighted by Crippen LogP contribution is -2.33. The van der Waals surface area contributed by atoms with Gasteiger partial charge in [-0.3, -0.25) is 14.8 Å². The van der Waals surface area contributed by atoms with Crippen molar-refractivity contribution in [3.05, 3.63) is 81.5 Å². The van der Waals surface area contributed by atoms with E-state index in [0.717, 1.165) is 29.7 Å². The van der Waals surface area contributed by atoms with Crippen LogP contribution < -0.4 is 15.5 Å². The Kier molecular flexibility index (Phi) is 4.82. The van der Waals surface area contributed by atoms with E-state index >= 15 is 0 Å². The second-order valence-corrected chi connectivity index (χ2v) is 6.57. The lowest BCUT2D eigenvalue weighted by Gasteiger charge is -2.13. The van der Waals surface area contributed by atoms with Crippen LogP contribution in [0.25, 0.3) is 0 Å². The number of aromatic hydroxyl groups is 1. The molecule has 0 fully saturated rings. The highest BCUT2D eigenvalue weighted by atomic mass is 35.5. The van der Waals surface area contributed by atoms with E-state index in [-0.39, 0.29) is 27.2 Å². The normalized spacial score (nSPS) is 13.7. The summed E-state index contributed by atoms with van der Waals surface area (Å²) in [5, 5.41) is 20.7. The number of benzene rings is 3. The van der Waals surface area contributed by atoms with Crippen LogP contribution >= 0.6 is 23.2 Å². The van der Waals surface area contributed by atoms with Gasteiger partial charge in [0.05, 0.1) is 15.5 Å². The number of phenols is 1. The Hall–Kier alpha value is -3.33. The van der Waals surface area contributed by atoms with Gasteiger partial charge in [-0.2, -0.15) is 0 Å². The van der Waals surface area contributed by atoms with E-state index in [2.05, 4.69) is 5.32 Å². The van der Waals surface area contributed by atoms with Gasteiger partial charge in [-0.05, 0) is 48.0 Å². The van der Waals surface area contributed by atoms with Crippen LogP contribution in [0.5, 0.6) is 17.2 Å². The monoisotopic (exact) mass is 470 g/mol. The zero-order valence-corrected chi connectivity index (χ0v) is 16.7. The number of carbonyl (C=O) groups is 2. The lowest BCUT2D eigenvalue weighted by molar-refractivity contribution is -0.141. The van der Waals surface area contributed by atoms with E-state index in [1.807, 2.05) is 0 Å². The molecule has 0 aliphatic rings. The van der Waals surface area contributed by atoms with E-state index in [1.54, 1.807) is 0 Å². The number of rotatable bonds is 5. The Morgan fingerprint density at radius 2 is 1.74 bits per heavy atom. The highest BCUT2D eigenvalue weighted by Crippen LogP contribution is 2.39. The Bertz CT molecular complexity index is 1390. The van der Waals surface area contributed by atoms with Crippen LogP contribution in [0, 0.1) is 5.82 Å². The molecular formula is C21H15Cl2FN2O5. The average Bonchev–Trinajstić information content (AvgIpc) is 2.83. The number of hydrogen-bond donors (Lipinski definition) is 4. The predicted molar refractivity (Wildman–Crippen MR) is 112 cm³/mol. The summed E-state index contributed by atoms with van der Waals surface area (Å²) in [7, 11) is 0. The summed E-state index contributed by atoms with van der Waals surface area (Å²) >= 11 is 12.3. The Morgan fingerprint density at radius 3 is 2.35 bits per heavy atom. The average molecular weight is 471 g/mol. The molecule has 0 saturated heterocycles. The topological polar surface area (TPSA) is 108 Å². The van der Waals surface area contributed by atoms with Gasteiger partial charge in [0, 0.05) is 20.4 Å². The number of anilines is 1. The quantitative estimate of drug-likeness (QED) is 0.246. The third kappa shape index (κ3) is 5.64. The second kappa shape index (κ2) is 9.65. The lowest BCUT2D eigenvalue weighted by atomic mass is 10.0. The number of nitrogens with one attached hydrogen (secondary N) is 2. The summed E-state index contributed by atoms with van der Waals surface area (Å²) < 4.78 is 67.7. The molecule has 0 atom stereocenters. The van der Waals surface area contributed by atoms with Crippen molar-refractivity contribution in [3.63, 3.8) is 0 Å². The molecule has 0 bridgehead atoms. The maximum Gasteiger partial charge on any atom is 0.332 e. The van der Waals surface area contributed by atoms with Gasteiger partial charge in [0.25, 0.3) is 0 Å². The molecule has 3 aromatic carbocycles. The fraction of sp³-hybridized carbons (Fsp3) is 0.0476. The van der Waals surface area contributed by atoms with E-state index in [1.165, 1.54) is 6.07 Å². The predicted octanol–water partition coefficient (Wildman–Crippen LogP) is 4.67. The van der Waals surface area contributed by atoms with E-state index in [9.17, 15) is 19.1 Å². The van der Waals surface area contributed by atoms with Gasteiger partial charge in [-0.25, -0.2) is 9.87 Å². The summed E-state index contributed by atoms with van der Waals surface area (Å²) in [6, 6.07) is 1.49. The van der Waals surface area contributed by atoms with E-state index < -0.39 is 65.1 Å². The molecule has 0 saturated carbocycles. The van der Waals surface area contributed by atoms with Crippen LogP contribution in [-0.2, 0) is 16.0 Å². The largest absolute Gasteiger partial charge is 0.508 e. The summed E-state index contributed by atoms with van der Waals surface area (Å²) in [6.45, 7) is 0. The zero-order valence-electron chi connectivity index (χ0n) is 21.1. The van der Waals surface area contributed by atoms with Crippen molar-refractivity contribution in [1.29, 1.82) is 0 Å². The molecule has 4 N–H and O–H groups in total. The van der Waals surface area contributed by atoms with Crippen LogP contribution in [0.4, 0.5) is 10.1 Å². The Labute approximate surface area is 194 Å². The number of hydrogen-bond acceptors (Lipinski definition) is 5. The molecule has 31 heavy (non-hydrogen) atoms. The fourth-order valence-electron chi connectivity index (χ4n) is 2.26. The third-order valence-electron chi connectivity index (χ3n) is 3.61. The molecule has 3 aromatic rings. The highest BCUT2D eigenvalue weighted by molar-refractivity contribution is 6.40. The van der Waals surface area contributed by atoms with Crippen molar-refractivity contribution in [2.75, 3.05) is 5.32 Å². The SMILES string of the molecule is [2H]c1c([2H])c(C([2H])([2H])c2cc(Oc3c(Cl)cc(NC(=O)C(=O)NO)cc3Cl)ccc2O)c([2H])c([2H])c1F. The van der Waals surface area contributed by atoms with Crippen molar-refractivity contribution in [1.82, 2.24) is 5.48 Å². The maximum absolute atomic E-state index is 14.0. The summed E-state index contributed by atoms with van der Waals surface area (Å²) in [4.78, 5) is 22.8. The van der Waals surface area contributed by atoms with Gasteiger partial charge in [0.2, 0.25) is 0 Å². The first kappa shape index (κ1) is 15.5. The number of phenolic OH excluding ortho intramolecular Hbond substituents is 1. The molecule has 0 unspecified atom stereocenters. The van der Waals surface area contributed by atoms with Crippen LogP contribution in [0.1, 0.15) is 19.4 Å². The molecule has 0 heterocycles. The standard InChI is InChI=1S/C21H15Cl2FN2O5/c22-16-9-14(25-20(28)21(29)26-30)10-17(23)19(16)31-15-5-6-18(27)12(8-15)7-11-1-3-13(24)4-2-11/h1-6,8-10,27,30H,7H2,(H,25,28)(H,26,29)/i1D,2D,3D,4D,7D2. The zero-order chi connectivity index (χ0) is 27.8. The third-order valence-corrected chi connectivity index (χ3v) is 4.17. The fourth-order valence-corrected chi connectivity index (χ4v) is 2.82. The van der Waals surface area contributed by atoms with Crippen molar-refractivity contribution in [2.45, 2.75) is 6.37 Å². The van der Waals surface area contributed by atoms with Crippen molar-refractivity contribution < 1.29 is 37.3 Å². The second-order valence-electron chi connectivity index (χ2n) is 5.76. The van der Waals surface area contributed by atoms with Gasteiger partial charge in [-0.15, -0.1) is 0 Å². The Balaban J connectivity index is 2.02. The number of carbonyl (C=O) groups excluding carboxylic acids is 2. The van der Waals surface area contributed by atoms with Gasteiger partial charge < -0.3 is 15.2 Å². The first-order valence-electron chi connectivity index (χ1n) is 11.2. The minimum Gasteiger partial charge on any atom is -0.508 e.